The fourth-order valence-electron chi connectivity index (χ4n) is 1.34. The van der Waals surface area contributed by atoms with Crippen molar-refractivity contribution in [2.24, 2.45) is 11.7 Å². The highest BCUT2D eigenvalue weighted by atomic mass is 14.7. The molecule has 0 spiro atoms. The molecule has 1 saturated carbocycles. The van der Waals surface area contributed by atoms with Crippen molar-refractivity contribution in [1.29, 1.82) is 0 Å². The summed E-state index contributed by atoms with van der Waals surface area (Å²) in [6, 6.07) is 0. The summed E-state index contributed by atoms with van der Waals surface area (Å²) in [4.78, 5) is 0. The largest absolute Gasteiger partial charge is 0.325 e. The van der Waals surface area contributed by atoms with Crippen LogP contribution in [0.3, 0.4) is 0 Å². The van der Waals surface area contributed by atoms with E-state index in [1.54, 1.807) is 0 Å². The van der Waals surface area contributed by atoms with Gasteiger partial charge in [-0.05, 0) is 38.5 Å². The molecule has 0 aliphatic heterocycles. The Morgan fingerprint density at radius 3 is 2.22 bits per heavy atom. The molecule has 1 aliphatic carbocycles. The Balaban J connectivity index is 2.35. The van der Waals surface area contributed by atoms with Crippen molar-refractivity contribution in [2.45, 2.75) is 38.1 Å². The molecular weight excluding hydrogens is 110 g/mol. The SMILES string of the molecule is [CH2]C1(N)CCC(C)CC1. The van der Waals surface area contributed by atoms with Crippen LogP contribution in [0.5, 0.6) is 0 Å². The maximum atomic E-state index is 5.83. The second-order valence-corrected chi connectivity index (χ2v) is 3.54. The second kappa shape index (κ2) is 2.30. The van der Waals surface area contributed by atoms with E-state index >= 15 is 0 Å². The molecule has 9 heavy (non-hydrogen) atoms. The molecule has 1 aliphatic rings. The van der Waals surface area contributed by atoms with Crippen molar-refractivity contribution in [2.75, 3.05) is 0 Å². The lowest BCUT2D eigenvalue weighted by atomic mass is 9.79. The molecule has 53 valence electrons. The first-order chi connectivity index (χ1) is 4.10. The van der Waals surface area contributed by atoms with Gasteiger partial charge in [-0.15, -0.1) is 0 Å². The van der Waals surface area contributed by atoms with Gasteiger partial charge < -0.3 is 5.73 Å². The van der Waals surface area contributed by atoms with Crippen LogP contribution in [0, 0.1) is 12.8 Å². The molecule has 0 heterocycles. The molecule has 0 bridgehead atoms. The van der Waals surface area contributed by atoms with Gasteiger partial charge in [-0.25, -0.2) is 0 Å². The molecule has 2 N–H and O–H groups in total. The van der Waals surface area contributed by atoms with Crippen LogP contribution in [-0.4, -0.2) is 5.54 Å². The lowest BCUT2D eigenvalue weighted by Gasteiger charge is -2.32. The summed E-state index contributed by atoms with van der Waals surface area (Å²) in [6.45, 7) is 6.23. The van der Waals surface area contributed by atoms with Gasteiger partial charge in [0.1, 0.15) is 0 Å². The molecule has 0 aromatic heterocycles. The molecule has 0 unspecified atom stereocenters. The van der Waals surface area contributed by atoms with Crippen molar-refractivity contribution in [3.8, 4) is 0 Å². The number of nitrogens with two attached hydrogens (primary N) is 1. The third kappa shape index (κ3) is 1.98. The zero-order valence-corrected chi connectivity index (χ0v) is 6.19. The van der Waals surface area contributed by atoms with Crippen molar-refractivity contribution in [3.63, 3.8) is 0 Å². The predicted molar refractivity (Wildman–Crippen MR) is 39.9 cm³/mol. The van der Waals surface area contributed by atoms with Crippen molar-refractivity contribution in [1.82, 2.24) is 0 Å². The van der Waals surface area contributed by atoms with Crippen LogP contribution >= 0.6 is 0 Å². The molecule has 0 aromatic carbocycles. The van der Waals surface area contributed by atoms with E-state index in [4.69, 9.17) is 5.73 Å². The number of hydrogen-bond donors (Lipinski definition) is 1. The zero-order chi connectivity index (χ0) is 6.91. The summed E-state index contributed by atoms with van der Waals surface area (Å²) in [5.74, 6) is 0.878. The Morgan fingerprint density at radius 2 is 1.89 bits per heavy atom. The summed E-state index contributed by atoms with van der Waals surface area (Å²) >= 11 is 0. The van der Waals surface area contributed by atoms with E-state index in [2.05, 4.69) is 13.8 Å². The molecule has 1 nitrogen and oxygen atoms in total. The quantitative estimate of drug-likeness (QED) is 0.525. The highest BCUT2D eigenvalue weighted by Crippen LogP contribution is 2.28. The van der Waals surface area contributed by atoms with E-state index in [0.717, 1.165) is 18.8 Å². The van der Waals surface area contributed by atoms with Crippen LogP contribution < -0.4 is 5.73 Å². The smallest absolute Gasteiger partial charge is 0.0155 e. The van der Waals surface area contributed by atoms with Gasteiger partial charge in [0.15, 0.2) is 0 Å². The Hall–Kier alpha value is -0.0400. The van der Waals surface area contributed by atoms with E-state index in [1.807, 2.05) is 0 Å². The van der Waals surface area contributed by atoms with Gasteiger partial charge in [0.25, 0.3) is 0 Å². The second-order valence-electron chi connectivity index (χ2n) is 3.54. The average molecular weight is 126 g/mol. The van der Waals surface area contributed by atoms with E-state index < -0.39 is 0 Å². The molecule has 0 saturated heterocycles. The molecule has 0 aromatic rings. The topological polar surface area (TPSA) is 26.0 Å². The maximum Gasteiger partial charge on any atom is 0.0155 e. The normalized spacial score (nSPS) is 45.0. The van der Waals surface area contributed by atoms with Crippen molar-refractivity contribution >= 4 is 0 Å². The highest BCUT2D eigenvalue weighted by molar-refractivity contribution is 4.90. The van der Waals surface area contributed by atoms with Crippen molar-refractivity contribution in [3.05, 3.63) is 6.92 Å². The van der Waals surface area contributed by atoms with Gasteiger partial charge in [0.2, 0.25) is 0 Å². The van der Waals surface area contributed by atoms with Crippen LogP contribution in [0.1, 0.15) is 32.6 Å². The van der Waals surface area contributed by atoms with Crippen LogP contribution in [-0.2, 0) is 0 Å². The third-order valence-electron chi connectivity index (χ3n) is 2.27. The zero-order valence-electron chi connectivity index (χ0n) is 6.19. The third-order valence-corrected chi connectivity index (χ3v) is 2.27. The highest BCUT2D eigenvalue weighted by Gasteiger charge is 2.24. The summed E-state index contributed by atoms with van der Waals surface area (Å²) in [5, 5.41) is 0. The monoisotopic (exact) mass is 126 g/mol. The van der Waals surface area contributed by atoms with Gasteiger partial charge >= 0.3 is 0 Å². The maximum absolute atomic E-state index is 5.83. The van der Waals surface area contributed by atoms with E-state index in [9.17, 15) is 0 Å². The minimum absolute atomic E-state index is 0.0908. The van der Waals surface area contributed by atoms with Crippen molar-refractivity contribution < 1.29 is 0 Å². The Kier molecular flexibility index (Phi) is 1.80. The van der Waals surface area contributed by atoms with Gasteiger partial charge in [0.05, 0.1) is 0 Å². The summed E-state index contributed by atoms with van der Waals surface area (Å²) < 4.78 is 0. The minimum Gasteiger partial charge on any atom is -0.325 e. The molecule has 1 radical (unpaired) electrons. The van der Waals surface area contributed by atoms with Gasteiger partial charge in [-0.1, -0.05) is 6.92 Å². The van der Waals surface area contributed by atoms with E-state index in [0.29, 0.717) is 0 Å². The Bertz CT molecular complexity index is 86.7. The standard InChI is InChI=1S/C8H16N/c1-7-3-5-8(2,9)6-4-7/h7H,2-6,9H2,1H3. The molecular formula is C8H16N. The van der Waals surface area contributed by atoms with Crippen LogP contribution in [0.2, 0.25) is 0 Å². The van der Waals surface area contributed by atoms with E-state index in [-0.39, 0.29) is 5.54 Å². The number of rotatable bonds is 0. The van der Waals surface area contributed by atoms with Gasteiger partial charge in [-0.2, -0.15) is 0 Å². The molecule has 0 amide bonds. The predicted octanol–water partition coefficient (Wildman–Crippen LogP) is 1.73. The summed E-state index contributed by atoms with van der Waals surface area (Å²) in [7, 11) is 0. The van der Waals surface area contributed by atoms with Crippen LogP contribution in [0.25, 0.3) is 0 Å². The first-order valence-corrected chi connectivity index (χ1v) is 3.74. The van der Waals surface area contributed by atoms with Gasteiger partial charge in [-0.3, -0.25) is 0 Å². The fraction of sp³-hybridized carbons (Fsp3) is 0.875. The Labute approximate surface area is 57.6 Å². The lowest BCUT2D eigenvalue weighted by molar-refractivity contribution is 0.288. The van der Waals surface area contributed by atoms with E-state index in [1.165, 1.54) is 12.8 Å². The first-order valence-electron chi connectivity index (χ1n) is 3.74. The average Bonchev–Trinajstić information content (AvgIpc) is 1.78. The first kappa shape index (κ1) is 7.07. The lowest BCUT2D eigenvalue weighted by Crippen LogP contribution is -2.39. The van der Waals surface area contributed by atoms with Crippen LogP contribution in [0.15, 0.2) is 0 Å². The minimum atomic E-state index is -0.0908. The molecule has 1 rings (SSSR count). The number of hydrogen-bond acceptors (Lipinski definition) is 1. The van der Waals surface area contributed by atoms with Crippen LogP contribution in [0.4, 0.5) is 0 Å². The van der Waals surface area contributed by atoms with Gasteiger partial charge in [0, 0.05) is 5.54 Å². The fourth-order valence-corrected chi connectivity index (χ4v) is 1.34. The molecule has 1 heteroatoms. The molecule has 1 fully saturated rings. The summed E-state index contributed by atoms with van der Waals surface area (Å²) in [5.41, 5.74) is 5.74. The Morgan fingerprint density at radius 1 is 1.44 bits per heavy atom. The summed E-state index contributed by atoms with van der Waals surface area (Å²) in [6.07, 6.45) is 4.74. The molecule has 0 atom stereocenters.